The molecule has 3 nitrogen and oxygen atoms in total. The first kappa shape index (κ1) is 9.96. The number of hydrogen-bond donors (Lipinski definition) is 2. The number of likely N-dealkylation sites (tertiary alicyclic amines) is 1. The predicted octanol–water partition coefficient (Wildman–Crippen LogP) is 0.0174. The Morgan fingerprint density at radius 1 is 1.50 bits per heavy atom. The van der Waals surface area contributed by atoms with Gasteiger partial charge in [-0.1, -0.05) is 0 Å². The number of nitrogens with zero attached hydrogens (tertiary/aromatic N) is 1. The zero-order valence-electron chi connectivity index (χ0n) is 8.21. The van der Waals surface area contributed by atoms with Gasteiger partial charge in [-0.2, -0.15) is 0 Å². The van der Waals surface area contributed by atoms with Crippen LogP contribution >= 0.6 is 0 Å². The van der Waals surface area contributed by atoms with Crippen LogP contribution in [0.5, 0.6) is 0 Å². The molecule has 1 fully saturated rings. The first-order chi connectivity index (χ1) is 5.72. The molecular formula is C9H21N3. The molecule has 0 aliphatic carbocycles. The van der Waals surface area contributed by atoms with Crippen LogP contribution in [0.15, 0.2) is 0 Å². The van der Waals surface area contributed by atoms with Crippen molar-refractivity contribution in [2.75, 3.05) is 26.7 Å². The van der Waals surface area contributed by atoms with Gasteiger partial charge in [0.2, 0.25) is 0 Å². The lowest BCUT2D eigenvalue weighted by molar-refractivity contribution is 0.227. The second-order valence-electron chi connectivity index (χ2n) is 3.88. The molecule has 0 saturated carbocycles. The molecule has 1 saturated heterocycles. The van der Waals surface area contributed by atoms with Crippen molar-refractivity contribution in [3.63, 3.8) is 0 Å². The molecule has 0 amide bonds. The molecule has 0 spiro atoms. The Hall–Kier alpha value is -0.120. The number of piperidine rings is 1. The Morgan fingerprint density at radius 2 is 2.08 bits per heavy atom. The van der Waals surface area contributed by atoms with Crippen molar-refractivity contribution in [1.29, 1.82) is 0 Å². The smallest absolute Gasteiger partial charge is 0.0164 e. The van der Waals surface area contributed by atoms with Gasteiger partial charge in [-0.25, -0.2) is 0 Å². The molecule has 1 aliphatic rings. The normalized spacial score (nSPS) is 24.2. The van der Waals surface area contributed by atoms with Crippen LogP contribution < -0.4 is 11.1 Å². The summed E-state index contributed by atoms with van der Waals surface area (Å²) < 4.78 is 0. The summed E-state index contributed by atoms with van der Waals surface area (Å²) in [6, 6.07) is 1.16. The molecule has 1 heterocycles. The maximum Gasteiger partial charge on any atom is 0.0164 e. The van der Waals surface area contributed by atoms with E-state index in [0.717, 1.165) is 6.54 Å². The van der Waals surface area contributed by atoms with E-state index in [2.05, 4.69) is 24.2 Å². The molecule has 1 rings (SSSR count). The molecule has 1 atom stereocenters. The molecular weight excluding hydrogens is 150 g/mol. The Kier molecular flexibility index (Phi) is 3.98. The Balaban J connectivity index is 2.17. The van der Waals surface area contributed by atoms with E-state index in [1.165, 1.54) is 25.9 Å². The minimum atomic E-state index is 0.471. The molecule has 0 aromatic carbocycles. The highest BCUT2D eigenvalue weighted by Gasteiger charge is 2.17. The summed E-state index contributed by atoms with van der Waals surface area (Å²) in [4.78, 5) is 2.38. The Morgan fingerprint density at radius 3 is 2.58 bits per heavy atom. The van der Waals surface area contributed by atoms with E-state index in [1.807, 2.05) is 0 Å². The number of rotatable bonds is 3. The molecule has 3 heteroatoms. The molecule has 0 radical (unpaired) electrons. The van der Waals surface area contributed by atoms with Crippen molar-refractivity contribution in [2.45, 2.75) is 31.8 Å². The molecule has 0 aromatic heterocycles. The first-order valence-electron chi connectivity index (χ1n) is 4.87. The van der Waals surface area contributed by atoms with Gasteiger partial charge >= 0.3 is 0 Å². The minimum Gasteiger partial charge on any atom is -0.329 e. The molecule has 12 heavy (non-hydrogen) atoms. The average molecular weight is 171 g/mol. The Bertz CT molecular complexity index is 119. The van der Waals surface area contributed by atoms with Gasteiger partial charge in [0, 0.05) is 18.6 Å². The first-order valence-corrected chi connectivity index (χ1v) is 4.87. The number of nitrogens with two attached hydrogens (primary N) is 1. The molecule has 1 aliphatic heterocycles. The van der Waals surface area contributed by atoms with Crippen LogP contribution in [0.3, 0.4) is 0 Å². The third-order valence-corrected chi connectivity index (χ3v) is 2.59. The lowest BCUT2D eigenvalue weighted by Gasteiger charge is -2.31. The maximum atomic E-state index is 5.54. The topological polar surface area (TPSA) is 41.3 Å². The van der Waals surface area contributed by atoms with Crippen LogP contribution in [0.4, 0.5) is 0 Å². The summed E-state index contributed by atoms with van der Waals surface area (Å²) in [5, 5.41) is 3.54. The molecule has 0 bridgehead atoms. The van der Waals surface area contributed by atoms with Crippen LogP contribution in [-0.2, 0) is 0 Å². The van der Waals surface area contributed by atoms with Crippen LogP contribution in [0.25, 0.3) is 0 Å². The van der Waals surface area contributed by atoms with E-state index in [-0.39, 0.29) is 0 Å². The van der Waals surface area contributed by atoms with E-state index in [1.54, 1.807) is 0 Å². The van der Waals surface area contributed by atoms with Crippen molar-refractivity contribution in [3.8, 4) is 0 Å². The zero-order valence-corrected chi connectivity index (χ0v) is 8.21. The van der Waals surface area contributed by atoms with Gasteiger partial charge in [0.05, 0.1) is 0 Å². The fraction of sp³-hybridized carbons (Fsp3) is 1.00. The summed E-state index contributed by atoms with van der Waals surface area (Å²) in [6.07, 6.45) is 2.53. The van der Waals surface area contributed by atoms with Gasteiger partial charge in [0.1, 0.15) is 0 Å². The fourth-order valence-corrected chi connectivity index (χ4v) is 1.65. The second kappa shape index (κ2) is 4.80. The van der Waals surface area contributed by atoms with E-state index < -0.39 is 0 Å². The summed E-state index contributed by atoms with van der Waals surface area (Å²) in [5.74, 6) is 0. The Labute approximate surface area is 75.3 Å². The van der Waals surface area contributed by atoms with Crippen molar-refractivity contribution in [2.24, 2.45) is 5.73 Å². The van der Waals surface area contributed by atoms with E-state index in [9.17, 15) is 0 Å². The minimum absolute atomic E-state index is 0.471. The lowest BCUT2D eigenvalue weighted by Crippen LogP contribution is -2.46. The highest BCUT2D eigenvalue weighted by atomic mass is 15.1. The molecule has 1 unspecified atom stereocenters. The standard InChI is InChI=1S/C9H21N3/c1-8(7-10)11-9-3-5-12(2)6-4-9/h8-9,11H,3-7,10H2,1-2H3. The summed E-state index contributed by atoms with van der Waals surface area (Å²) >= 11 is 0. The zero-order chi connectivity index (χ0) is 8.97. The summed E-state index contributed by atoms with van der Waals surface area (Å²) in [6.45, 7) is 5.33. The van der Waals surface area contributed by atoms with Gasteiger partial charge in [0.25, 0.3) is 0 Å². The van der Waals surface area contributed by atoms with Crippen LogP contribution in [0.1, 0.15) is 19.8 Å². The maximum absolute atomic E-state index is 5.54. The third kappa shape index (κ3) is 3.09. The van der Waals surface area contributed by atoms with Crippen LogP contribution in [-0.4, -0.2) is 43.7 Å². The third-order valence-electron chi connectivity index (χ3n) is 2.59. The molecule has 3 N–H and O–H groups in total. The van der Waals surface area contributed by atoms with Crippen LogP contribution in [0, 0.1) is 0 Å². The van der Waals surface area contributed by atoms with E-state index in [0.29, 0.717) is 12.1 Å². The van der Waals surface area contributed by atoms with Crippen molar-refractivity contribution >= 4 is 0 Å². The van der Waals surface area contributed by atoms with Crippen molar-refractivity contribution in [1.82, 2.24) is 10.2 Å². The quantitative estimate of drug-likeness (QED) is 0.629. The monoisotopic (exact) mass is 171 g/mol. The molecule has 72 valence electrons. The molecule has 0 aromatic rings. The largest absolute Gasteiger partial charge is 0.329 e. The highest BCUT2D eigenvalue weighted by molar-refractivity contribution is 4.78. The highest BCUT2D eigenvalue weighted by Crippen LogP contribution is 2.08. The van der Waals surface area contributed by atoms with Gasteiger partial charge < -0.3 is 16.0 Å². The van der Waals surface area contributed by atoms with E-state index in [4.69, 9.17) is 5.73 Å². The van der Waals surface area contributed by atoms with Gasteiger partial charge in [-0.15, -0.1) is 0 Å². The van der Waals surface area contributed by atoms with Crippen LogP contribution in [0.2, 0.25) is 0 Å². The average Bonchev–Trinajstić information content (AvgIpc) is 2.09. The number of hydrogen-bond acceptors (Lipinski definition) is 3. The summed E-state index contributed by atoms with van der Waals surface area (Å²) in [7, 11) is 2.18. The second-order valence-corrected chi connectivity index (χ2v) is 3.88. The summed E-state index contributed by atoms with van der Waals surface area (Å²) in [5.41, 5.74) is 5.54. The number of nitrogens with one attached hydrogen (secondary N) is 1. The lowest BCUT2D eigenvalue weighted by atomic mass is 10.0. The van der Waals surface area contributed by atoms with Gasteiger partial charge in [-0.3, -0.25) is 0 Å². The predicted molar refractivity (Wildman–Crippen MR) is 52.2 cm³/mol. The SMILES string of the molecule is CC(CN)NC1CCN(C)CC1. The van der Waals surface area contributed by atoms with E-state index >= 15 is 0 Å². The van der Waals surface area contributed by atoms with Crippen molar-refractivity contribution < 1.29 is 0 Å². The van der Waals surface area contributed by atoms with Gasteiger partial charge in [0.15, 0.2) is 0 Å². The van der Waals surface area contributed by atoms with Crippen molar-refractivity contribution in [3.05, 3.63) is 0 Å². The van der Waals surface area contributed by atoms with Gasteiger partial charge in [-0.05, 0) is 39.9 Å². The fourth-order valence-electron chi connectivity index (χ4n) is 1.65.